The van der Waals surface area contributed by atoms with Gasteiger partial charge in [0.15, 0.2) is 11.5 Å². The highest BCUT2D eigenvalue weighted by Crippen LogP contribution is 2.30. The number of benzene rings is 3. The maximum absolute atomic E-state index is 13.3. The Hall–Kier alpha value is -3.80. The number of anilines is 1. The standard InChI is InChI=1S/C32H38FN5O4S/c1-4-41-29-15-10-24(22-30(29)42-5-2)16-17-34-32-27-8-6-7-9-28(27)35-31(36-32)23(3)37-18-20-38(21-19-37)43(39,40)26-13-11-25(33)12-14-26/h6-15,22-23H,4-5,16-21H2,1-3H3,(H,34,35,36)/t23-/m0/s1. The number of nitrogens with one attached hydrogen (secondary N) is 1. The highest BCUT2D eigenvalue weighted by molar-refractivity contribution is 7.89. The van der Waals surface area contributed by atoms with E-state index in [2.05, 4.69) is 16.3 Å². The van der Waals surface area contributed by atoms with E-state index < -0.39 is 15.8 Å². The van der Waals surface area contributed by atoms with Crippen molar-refractivity contribution in [1.82, 2.24) is 19.2 Å². The molecule has 228 valence electrons. The topological polar surface area (TPSA) is 96.9 Å². The van der Waals surface area contributed by atoms with Crippen molar-refractivity contribution in [3.05, 3.63) is 83.9 Å². The van der Waals surface area contributed by atoms with Crippen LogP contribution in [0.5, 0.6) is 11.5 Å². The molecule has 0 aliphatic carbocycles. The average molecular weight is 608 g/mol. The van der Waals surface area contributed by atoms with Gasteiger partial charge in [-0.25, -0.2) is 22.8 Å². The summed E-state index contributed by atoms with van der Waals surface area (Å²) in [5.74, 6) is 2.47. The fourth-order valence-electron chi connectivity index (χ4n) is 5.24. The molecule has 3 aromatic carbocycles. The van der Waals surface area contributed by atoms with Crippen molar-refractivity contribution in [2.24, 2.45) is 0 Å². The smallest absolute Gasteiger partial charge is 0.243 e. The molecule has 11 heteroatoms. The van der Waals surface area contributed by atoms with Gasteiger partial charge in [-0.1, -0.05) is 18.2 Å². The van der Waals surface area contributed by atoms with E-state index in [1.165, 1.54) is 28.6 Å². The Kier molecular flexibility index (Phi) is 9.74. The third-order valence-corrected chi connectivity index (χ3v) is 9.49. The summed E-state index contributed by atoms with van der Waals surface area (Å²) in [4.78, 5) is 12.1. The lowest BCUT2D eigenvalue weighted by molar-refractivity contribution is 0.141. The van der Waals surface area contributed by atoms with Crippen molar-refractivity contribution in [3.8, 4) is 11.5 Å². The van der Waals surface area contributed by atoms with Crippen molar-refractivity contribution in [2.75, 3.05) is 51.3 Å². The summed E-state index contributed by atoms with van der Waals surface area (Å²) in [6.07, 6.45) is 0.764. The zero-order valence-electron chi connectivity index (χ0n) is 24.8. The van der Waals surface area contributed by atoms with Gasteiger partial charge in [0.25, 0.3) is 0 Å². The number of hydrogen-bond donors (Lipinski definition) is 1. The third kappa shape index (κ3) is 7.06. The SMILES string of the molecule is CCOc1ccc(CCNc2nc([C@H](C)N3CCN(S(=O)(=O)c4ccc(F)cc4)CC3)nc3ccccc23)cc1OCC. The van der Waals surface area contributed by atoms with Crippen LogP contribution in [-0.4, -0.2) is 73.5 Å². The molecule has 4 aromatic rings. The number of nitrogens with zero attached hydrogens (tertiary/aromatic N) is 4. The lowest BCUT2D eigenvalue weighted by Gasteiger charge is -2.36. The van der Waals surface area contributed by atoms with Gasteiger partial charge in [-0.05, 0) is 81.3 Å². The molecule has 1 aliphatic heterocycles. The molecule has 0 saturated carbocycles. The molecular weight excluding hydrogens is 569 g/mol. The van der Waals surface area contributed by atoms with Crippen LogP contribution in [0.4, 0.5) is 10.2 Å². The van der Waals surface area contributed by atoms with Gasteiger partial charge in [-0.3, -0.25) is 4.90 Å². The Labute approximate surface area is 252 Å². The number of ether oxygens (including phenoxy) is 2. The molecule has 0 unspecified atom stereocenters. The van der Waals surface area contributed by atoms with Crippen LogP contribution in [-0.2, 0) is 16.4 Å². The molecular formula is C32H38FN5O4S. The fourth-order valence-corrected chi connectivity index (χ4v) is 6.66. The Morgan fingerprint density at radius 1 is 0.907 bits per heavy atom. The number of fused-ring (bicyclic) bond motifs is 1. The molecule has 1 saturated heterocycles. The van der Waals surface area contributed by atoms with Gasteiger partial charge in [-0.15, -0.1) is 0 Å². The van der Waals surface area contributed by atoms with Crippen molar-refractivity contribution in [2.45, 2.75) is 38.1 Å². The van der Waals surface area contributed by atoms with E-state index in [9.17, 15) is 12.8 Å². The van der Waals surface area contributed by atoms with Gasteiger partial charge in [0.05, 0.1) is 29.7 Å². The van der Waals surface area contributed by atoms with Crippen LogP contribution in [0.1, 0.15) is 38.2 Å². The Morgan fingerprint density at radius 3 is 2.33 bits per heavy atom. The molecule has 0 radical (unpaired) electrons. The fraction of sp³-hybridized carbons (Fsp3) is 0.375. The van der Waals surface area contributed by atoms with Crippen molar-refractivity contribution >= 4 is 26.7 Å². The average Bonchev–Trinajstić information content (AvgIpc) is 3.02. The Bertz CT molecular complexity index is 1640. The van der Waals surface area contributed by atoms with Gasteiger partial charge in [0.1, 0.15) is 17.5 Å². The first-order valence-electron chi connectivity index (χ1n) is 14.7. The molecule has 1 fully saturated rings. The van der Waals surface area contributed by atoms with Crippen molar-refractivity contribution in [3.63, 3.8) is 0 Å². The second-order valence-corrected chi connectivity index (χ2v) is 12.3. The van der Waals surface area contributed by atoms with E-state index >= 15 is 0 Å². The lowest BCUT2D eigenvalue weighted by atomic mass is 10.1. The first-order valence-corrected chi connectivity index (χ1v) is 16.1. The number of aromatic nitrogens is 2. The van der Waals surface area contributed by atoms with Crippen LogP contribution >= 0.6 is 0 Å². The summed E-state index contributed by atoms with van der Waals surface area (Å²) in [7, 11) is -3.69. The number of para-hydroxylation sites is 1. The minimum Gasteiger partial charge on any atom is -0.490 e. The first kappa shape index (κ1) is 30.7. The molecule has 43 heavy (non-hydrogen) atoms. The normalized spacial score (nSPS) is 15.3. The van der Waals surface area contributed by atoms with Crippen LogP contribution in [0, 0.1) is 5.82 Å². The zero-order chi connectivity index (χ0) is 30.4. The molecule has 1 aromatic heterocycles. The monoisotopic (exact) mass is 607 g/mol. The molecule has 1 aliphatic rings. The van der Waals surface area contributed by atoms with Crippen molar-refractivity contribution in [1.29, 1.82) is 0 Å². The number of halogens is 1. The quantitative estimate of drug-likeness (QED) is 0.232. The maximum atomic E-state index is 13.3. The van der Waals surface area contributed by atoms with Crippen LogP contribution in [0.3, 0.4) is 0 Å². The number of rotatable bonds is 12. The summed E-state index contributed by atoms with van der Waals surface area (Å²) in [6, 6.07) is 18.8. The van der Waals surface area contributed by atoms with E-state index in [0.717, 1.165) is 40.2 Å². The Balaban J connectivity index is 1.27. The van der Waals surface area contributed by atoms with E-state index in [4.69, 9.17) is 19.4 Å². The van der Waals surface area contributed by atoms with Crippen LogP contribution in [0.25, 0.3) is 10.9 Å². The molecule has 0 amide bonds. The van der Waals surface area contributed by atoms with Gasteiger partial charge in [0, 0.05) is 38.1 Å². The van der Waals surface area contributed by atoms with Gasteiger partial charge in [-0.2, -0.15) is 4.31 Å². The molecule has 9 nitrogen and oxygen atoms in total. The highest BCUT2D eigenvalue weighted by atomic mass is 32.2. The summed E-state index contributed by atoms with van der Waals surface area (Å²) >= 11 is 0. The predicted octanol–water partition coefficient (Wildman–Crippen LogP) is 5.29. The van der Waals surface area contributed by atoms with Crippen molar-refractivity contribution < 1.29 is 22.3 Å². The number of piperazine rings is 1. The molecule has 0 bridgehead atoms. The molecule has 2 heterocycles. The van der Waals surface area contributed by atoms with E-state index in [1.807, 2.05) is 57.2 Å². The molecule has 1 N–H and O–H groups in total. The maximum Gasteiger partial charge on any atom is 0.243 e. The zero-order valence-corrected chi connectivity index (χ0v) is 25.6. The van der Waals surface area contributed by atoms with E-state index in [0.29, 0.717) is 51.8 Å². The number of hydrogen-bond acceptors (Lipinski definition) is 8. The van der Waals surface area contributed by atoms with Gasteiger partial charge in [0.2, 0.25) is 10.0 Å². The molecule has 5 rings (SSSR count). The van der Waals surface area contributed by atoms with Crippen LogP contribution in [0.2, 0.25) is 0 Å². The number of sulfonamides is 1. The second kappa shape index (κ2) is 13.7. The van der Waals surface area contributed by atoms with E-state index in [-0.39, 0.29) is 10.9 Å². The molecule has 0 spiro atoms. The summed E-state index contributed by atoms with van der Waals surface area (Å²) in [6.45, 7) is 9.47. The summed E-state index contributed by atoms with van der Waals surface area (Å²) in [5, 5.41) is 4.46. The predicted molar refractivity (Wildman–Crippen MR) is 166 cm³/mol. The summed E-state index contributed by atoms with van der Waals surface area (Å²) in [5.41, 5.74) is 1.97. The molecule has 1 atom stereocenters. The third-order valence-electron chi connectivity index (χ3n) is 7.58. The minimum atomic E-state index is -3.69. The van der Waals surface area contributed by atoms with Crippen LogP contribution < -0.4 is 14.8 Å². The van der Waals surface area contributed by atoms with Gasteiger partial charge < -0.3 is 14.8 Å². The minimum absolute atomic E-state index is 0.100. The first-order chi connectivity index (χ1) is 20.8. The summed E-state index contributed by atoms with van der Waals surface area (Å²) < 4.78 is 52.4. The lowest BCUT2D eigenvalue weighted by Crippen LogP contribution is -2.49. The largest absolute Gasteiger partial charge is 0.490 e. The van der Waals surface area contributed by atoms with Gasteiger partial charge >= 0.3 is 0 Å². The van der Waals surface area contributed by atoms with E-state index in [1.54, 1.807) is 0 Å². The Morgan fingerprint density at radius 2 is 1.60 bits per heavy atom. The highest BCUT2D eigenvalue weighted by Gasteiger charge is 2.31. The second-order valence-electron chi connectivity index (χ2n) is 10.3. The van der Waals surface area contributed by atoms with Crippen LogP contribution in [0.15, 0.2) is 71.6 Å².